The topological polar surface area (TPSA) is 75.1 Å². The van der Waals surface area contributed by atoms with Crippen molar-refractivity contribution in [3.8, 4) is 0 Å². The first kappa shape index (κ1) is 13.0. The molecule has 1 aromatic heterocycles. The minimum atomic E-state index is -0.418. The molecule has 0 saturated heterocycles. The van der Waals surface area contributed by atoms with Crippen molar-refractivity contribution < 1.29 is 4.39 Å². The molecule has 0 aliphatic heterocycles. The Labute approximate surface area is 99.6 Å². The summed E-state index contributed by atoms with van der Waals surface area (Å²) in [6, 6.07) is 1.34. The van der Waals surface area contributed by atoms with Gasteiger partial charge in [0.1, 0.15) is 11.5 Å². The van der Waals surface area contributed by atoms with E-state index in [1.165, 1.54) is 12.3 Å². The standard InChI is InChI=1S/C12H15FN4/c1-7(14)12(8(2)15)17-9(3)10-4-11(13)6-16-5-10/h4-6,14H,15H2,1-3H3/b12-8-,14-7?,17-9?. The summed E-state index contributed by atoms with van der Waals surface area (Å²) in [6.07, 6.45) is 2.65. The Balaban J connectivity index is 3.16. The van der Waals surface area contributed by atoms with Gasteiger partial charge < -0.3 is 11.1 Å². The van der Waals surface area contributed by atoms with Gasteiger partial charge in [-0.05, 0) is 26.8 Å². The van der Waals surface area contributed by atoms with E-state index in [4.69, 9.17) is 11.1 Å². The lowest BCUT2D eigenvalue weighted by atomic mass is 10.2. The first-order chi connectivity index (χ1) is 7.91. The molecule has 0 bridgehead atoms. The van der Waals surface area contributed by atoms with Crippen LogP contribution in [0.2, 0.25) is 0 Å². The number of halogens is 1. The third kappa shape index (κ3) is 3.48. The SMILES string of the molecule is CC(=N)/C(N=C(C)c1cncc(F)c1)=C(\C)N. The van der Waals surface area contributed by atoms with Crippen LogP contribution in [0.4, 0.5) is 4.39 Å². The van der Waals surface area contributed by atoms with Crippen molar-refractivity contribution in [2.45, 2.75) is 20.8 Å². The minimum absolute atomic E-state index is 0.272. The van der Waals surface area contributed by atoms with E-state index in [0.717, 1.165) is 6.20 Å². The third-order valence-electron chi connectivity index (χ3n) is 2.13. The number of aliphatic imine (C=N–C) groups is 1. The molecule has 0 saturated carbocycles. The molecule has 0 unspecified atom stereocenters. The molecule has 17 heavy (non-hydrogen) atoms. The zero-order valence-corrected chi connectivity index (χ0v) is 10.1. The number of allylic oxidation sites excluding steroid dienone is 2. The zero-order valence-electron chi connectivity index (χ0n) is 10.1. The van der Waals surface area contributed by atoms with Gasteiger partial charge in [-0.25, -0.2) is 9.38 Å². The van der Waals surface area contributed by atoms with Crippen LogP contribution in [0.15, 0.2) is 34.8 Å². The second kappa shape index (κ2) is 5.34. The fraction of sp³-hybridized carbons (Fsp3) is 0.250. The molecule has 90 valence electrons. The molecule has 1 rings (SSSR count). The van der Waals surface area contributed by atoms with Crippen LogP contribution in [0, 0.1) is 11.2 Å². The Morgan fingerprint density at radius 3 is 2.47 bits per heavy atom. The first-order valence-electron chi connectivity index (χ1n) is 5.10. The largest absolute Gasteiger partial charge is 0.400 e. The summed E-state index contributed by atoms with van der Waals surface area (Å²) in [5, 5.41) is 7.55. The predicted octanol–water partition coefficient (Wildman–Crippen LogP) is 2.26. The highest BCUT2D eigenvalue weighted by Crippen LogP contribution is 2.08. The van der Waals surface area contributed by atoms with Crippen LogP contribution in [0.5, 0.6) is 0 Å². The molecule has 4 nitrogen and oxygen atoms in total. The fourth-order valence-corrected chi connectivity index (χ4v) is 1.31. The van der Waals surface area contributed by atoms with Gasteiger partial charge in [0.2, 0.25) is 0 Å². The lowest BCUT2D eigenvalue weighted by Crippen LogP contribution is -2.06. The van der Waals surface area contributed by atoms with E-state index in [1.807, 2.05) is 0 Å². The van der Waals surface area contributed by atoms with E-state index < -0.39 is 5.82 Å². The van der Waals surface area contributed by atoms with E-state index in [1.54, 1.807) is 20.8 Å². The number of aromatic nitrogens is 1. The molecule has 0 amide bonds. The van der Waals surface area contributed by atoms with E-state index in [2.05, 4.69) is 9.98 Å². The molecule has 0 aliphatic rings. The molecule has 0 fully saturated rings. The van der Waals surface area contributed by atoms with Crippen molar-refractivity contribution in [2.24, 2.45) is 10.7 Å². The van der Waals surface area contributed by atoms with Crippen molar-refractivity contribution >= 4 is 11.4 Å². The summed E-state index contributed by atoms with van der Waals surface area (Å²) in [4.78, 5) is 7.97. The van der Waals surface area contributed by atoms with Gasteiger partial charge in [-0.3, -0.25) is 4.98 Å². The van der Waals surface area contributed by atoms with Gasteiger partial charge in [0.05, 0.1) is 11.9 Å². The molecular formula is C12H15FN4. The molecule has 1 heterocycles. The van der Waals surface area contributed by atoms with Crippen LogP contribution in [0.1, 0.15) is 26.3 Å². The predicted molar refractivity (Wildman–Crippen MR) is 66.7 cm³/mol. The third-order valence-corrected chi connectivity index (χ3v) is 2.13. The Hall–Kier alpha value is -2.04. The van der Waals surface area contributed by atoms with Gasteiger partial charge >= 0.3 is 0 Å². The molecule has 0 spiro atoms. The lowest BCUT2D eigenvalue weighted by molar-refractivity contribution is 0.621. The number of hydrogen-bond donors (Lipinski definition) is 2. The zero-order chi connectivity index (χ0) is 13.0. The summed E-state index contributed by atoms with van der Waals surface area (Å²) in [7, 11) is 0. The van der Waals surface area contributed by atoms with E-state index in [-0.39, 0.29) is 5.71 Å². The van der Waals surface area contributed by atoms with Crippen LogP contribution < -0.4 is 5.73 Å². The highest BCUT2D eigenvalue weighted by atomic mass is 19.1. The first-order valence-corrected chi connectivity index (χ1v) is 5.10. The van der Waals surface area contributed by atoms with Gasteiger partial charge in [0.25, 0.3) is 0 Å². The van der Waals surface area contributed by atoms with E-state index in [0.29, 0.717) is 22.7 Å². The Bertz CT molecular complexity index is 499. The van der Waals surface area contributed by atoms with Gasteiger partial charge in [-0.1, -0.05) is 0 Å². The van der Waals surface area contributed by atoms with Gasteiger partial charge in [0, 0.05) is 23.2 Å². The van der Waals surface area contributed by atoms with Gasteiger partial charge in [-0.2, -0.15) is 0 Å². The summed E-state index contributed by atoms with van der Waals surface area (Å²) in [5.74, 6) is -0.418. The van der Waals surface area contributed by atoms with Gasteiger partial charge in [-0.15, -0.1) is 0 Å². The number of nitrogens with two attached hydrogens (primary N) is 1. The number of pyridine rings is 1. The summed E-state index contributed by atoms with van der Waals surface area (Å²) in [5.41, 5.74) is 7.92. The second-order valence-electron chi connectivity index (χ2n) is 3.75. The smallest absolute Gasteiger partial charge is 0.142 e. The van der Waals surface area contributed by atoms with Crippen LogP contribution in [0.25, 0.3) is 0 Å². The summed E-state index contributed by atoms with van der Waals surface area (Å²) < 4.78 is 13.0. The molecular weight excluding hydrogens is 219 g/mol. The Morgan fingerprint density at radius 2 is 2.00 bits per heavy atom. The molecule has 5 heteroatoms. The lowest BCUT2D eigenvalue weighted by Gasteiger charge is -2.05. The summed E-state index contributed by atoms with van der Waals surface area (Å²) in [6.45, 7) is 5.00. The van der Waals surface area contributed by atoms with Crippen molar-refractivity contribution in [3.63, 3.8) is 0 Å². The molecule has 3 N–H and O–H groups in total. The molecule has 0 radical (unpaired) electrons. The van der Waals surface area contributed by atoms with Gasteiger partial charge in [0.15, 0.2) is 0 Å². The molecule has 0 aromatic carbocycles. The normalized spacial score (nSPS) is 13.3. The van der Waals surface area contributed by atoms with Crippen molar-refractivity contribution in [1.29, 1.82) is 5.41 Å². The number of rotatable bonds is 3. The maximum atomic E-state index is 13.0. The van der Waals surface area contributed by atoms with Crippen LogP contribution in [0.3, 0.4) is 0 Å². The molecule has 0 atom stereocenters. The highest BCUT2D eigenvalue weighted by Gasteiger charge is 2.05. The van der Waals surface area contributed by atoms with Crippen LogP contribution in [-0.4, -0.2) is 16.4 Å². The molecule has 0 aliphatic carbocycles. The number of nitrogens with zero attached hydrogens (tertiary/aromatic N) is 2. The van der Waals surface area contributed by atoms with Crippen LogP contribution in [-0.2, 0) is 0 Å². The van der Waals surface area contributed by atoms with Crippen molar-refractivity contribution in [3.05, 3.63) is 41.2 Å². The Morgan fingerprint density at radius 1 is 1.35 bits per heavy atom. The average Bonchev–Trinajstić information content (AvgIpc) is 2.24. The Kier molecular flexibility index (Phi) is 4.09. The van der Waals surface area contributed by atoms with E-state index in [9.17, 15) is 4.39 Å². The van der Waals surface area contributed by atoms with Crippen molar-refractivity contribution in [1.82, 2.24) is 4.98 Å². The maximum absolute atomic E-state index is 13.0. The summed E-state index contributed by atoms with van der Waals surface area (Å²) >= 11 is 0. The monoisotopic (exact) mass is 234 g/mol. The minimum Gasteiger partial charge on any atom is -0.400 e. The fourth-order valence-electron chi connectivity index (χ4n) is 1.31. The second-order valence-corrected chi connectivity index (χ2v) is 3.75. The highest BCUT2D eigenvalue weighted by molar-refractivity contribution is 6.04. The molecule has 1 aromatic rings. The maximum Gasteiger partial charge on any atom is 0.142 e. The van der Waals surface area contributed by atoms with Crippen LogP contribution >= 0.6 is 0 Å². The van der Waals surface area contributed by atoms with Crippen molar-refractivity contribution in [2.75, 3.05) is 0 Å². The quantitative estimate of drug-likeness (QED) is 0.787. The number of hydrogen-bond acceptors (Lipinski definition) is 4. The number of nitrogens with one attached hydrogen (secondary N) is 1. The van der Waals surface area contributed by atoms with E-state index >= 15 is 0 Å². The average molecular weight is 234 g/mol.